The summed E-state index contributed by atoms with van der Waals surface area (Å²) in [5.74, 6) is 0.187. The Balaban J connectivity index is 2.15. The van der Waals surface area contributed by atoms with Gasteiger partial charge in [0.25, 0.3) is 0 Å². The second kappa shape index (κ2) is 8.78. The molecule has 2 aromatic rings. The van der Waals surface area contributed by atoms with Crippen LogP contribution in [0, 0.1) is 0 Å². The molecule has 0 fully saturated rings. The van der Waals surface area contributed by atoms with Crippen molar-refractivity contribution in [3.8, 4) is 11.5 Å². The number of hydrogen-bond acceptors (Lipinski definition) is 4. The lowest BCUT2D eigenvalue weighted by molar-refractivity contribution is -0.136. The average molecular weight is 370 g/mol. The van der Waals surface area contributed by atoms with E-state index in [0.29, 0.717) is 28.1 Å². The maximum Gasteiger partial charge on any atom is 0.317 e. The van der Waals surface area contributed by atoms with Crippen LogP contribution in [0.15, 0.2) is 36.4 Å². The maximum absolute atomic E-state index is 10.6. The number of carboxylic acids is 1. The third kappa shape index (κ3) is 5.03. The Labute approximate surface area is 150 Å². The van der Waals surface area contributed by atoms with Gasteiger partial charge < -0.3 is 19.9 Å². The topological polar surface area (TPSA) is 67.8 Å². The largest absolute Gasteiger partial charge is 0.493 e. The molecule has 0 aliphatic carbocycles. The van der Waals surface area contributed by atoms with E-state index < -0.39 is 5.97 Å². The van der Waals surface area contributed by atoms with Crippen molar-refractivity contribution < 1.29 is 19.4 Å². The summed E-state index contributed by atoms with van der Waals surface area (Å²) in [5.41, 5.74) is 1.58. The third-order valence-electron chi connectivity index (χ3n) is 3.26. The van der Waals surface area contributed by atoms with Gasteiger partial charge in [-0.15, -0.1) is 0 Å². The van der Waals surface area contributed by atoms with Crippen molar-refractivity contribution in [2.75, 3.05) is 13.7 Å². The van der Waals surface area contributed by atoms with E-state index in [2.05, 4.69) is 5.32 Å². The Hall–Kier alpha value is -1.95. The van der Waals surface area contributed by atoms with Gasteiger partial charge in [-0.1, -0.05) is 41.4 Å². The van der Waals surface area contributed by atoms with Crippen molar-refractivity contribution in [2.24, 2.45) is 0 Å². The molecule has 128 valence electrons. The minimum Gasteiger partial charge on any atom is -0.493 e. The summed E-state index contributed by atoms with van der Waals surface area (Å²) in [6.45, 7) is 0.440. The lowest BCUT2D eigenvalue weighted by Crippen LogP contribution is -2.22. The SMILES string of the molecule is COc1cccc(CNCC(=O)O)c1OCc1ccc(Cl)cc1Cl. The zero-order chi connectivity index (χ0) is 17.5. The standard InChI is InChI=1S/C17H17Cl2NO4/c1-23-15-4-2-3-11(8-20-9-16(21)22)17(15)24-10-12-5-6-13(18)7-14(12)19/h2-7,20H,8-10H2,1H3,(H,21,22). The Morgan fingerprint density at radius 2 is 2.00 bits per heavy atom. The molecule has 0 aliphatic heterocycles. The molecule has 2 rings (SSSR count). The van der Waals surface area contributed by atoms with E-state index in [1.165, 1.54) is 0 Å². The molecule has 0 aromatic heterocycles. The highest BCUT2D eigenvalue weighted by atomic mass is 35.5. The van der Waals surface area contributed by atoms with E-state index in [0.717, 1.165) is 11.1 Å². The number of para-hydroxylation sites is 1. The minimum absolute atomic E-state index is 0.139. The van der Waals surface area contributed by atoms with Crippen molar-refractivity contribution in [1.29, 1.82) is 0 Å². The number of carboxylic acid groups (broad SMARTS) is 1. The zero-order valence-electron chi connectivity index (χ0n) is 13.0. The first kappa shape index (κ1) is 18.4. The van der Waals surface area contributed by atoms with Crippen molar-refractivity contribution in [3.05, 3.63) is 57.6 Å². The summed E-state index contributed by atoms with van der Waals surface area (Å²) in [4.78, 5) is 10.6. The molecule has 2 aromatic carbocycles. The first-order chi connectivity index (χ1) is 11.5. The monoisotopic (exact) mass is 369 g/mol. The van der Waals surface area contributed by atoms with Crippen molar-refractivity contribution >= 4 is 29.2 Å². The first-order valence-corrected chi connectivity index (χ1v) is 7.92. The highest BCUT2D eigenvalue weighted by Crippen LogP contribution is 2.32. The van der Waals surface area contributed by atoms with Crippen molar-refractivity contribution in [3.63, 3.8) is 0 Å². The number of methoxy groups -OCH3 is 1. The van der Waals surface area contributed by atoms with Crippen LogP contribution in [0.3, 0.4) is 0 Å². The van der Waals surface area contributed by atoms with Crippen LogP contribution in [-0.4, -0.2) is 24.7 Å². The molecule has 0 atom stereocenters. The van der Waals surface area contributed by atoms with E-state index in [-0.39, 0.29) is 13.2 Å². The highest BCUT2D eigenvalue weighted by Gasteiger charge is 2.12. The summed E-state index contributed by atoms with van der Waals surface area (Å²) in [6, 6.07) is 10.6. The number of ether oxygens (including phenoxy) is 2. The molecule has 0 aliphatic rings. The van der Waals surface area contributed by atoms with Crippen LogP contribution in [0.5, 0.6) is 11.5 Å². The van der Waals surface area contributed by atoms with Crippen molar-refractivity contribution in [2.45, 2.75) is 13.2 Å². The third-order valence-corrected chi connectivity index (χ3v) is 3.85. The van der Waals surface area contributed by atoms with Crippen molar-refractivity contribution in [1.82, 2.24) is 5.32 Å². The number of benzene rings is 2. The van der Waals surface area contributed by atoms with Gasteiger partial charge in [0.1, 0.15) is 6.61 Å². The Morgan fingerprint density at radius 1 is 1.21 bits per heavy atom. The molecule has 0 amide bonds. The molecule has 5 nitrogen and oxygen atoms in total. The molecular formula is C17H17Cl2NO4. The summed E-state index contributed by atoms with van der Waals surface area (Å²) < 4.78 is 11.2. The number of hydrogen-bond donors (Lipinski definition) is 2. The van der Waals surface area contributed by atoms with Crippen LogP contribution in [0.1, 0.15) is 11.1 Å². The van der Waals surface area contributed by atoms with E-state index in [1.54, 1.807) is 31.4 Å². The second-order valence-corrected chi connectivity index (χ2v) is 5.81. The Morgan fingerprint density at radius 3 is 2.67 bits per heavy atom. The van der Waals surface area contributed by atoms with Crippen LogP contribution < -0.4 is 14.8 Å². The fourth-order valence-electron chi connectivity index (χ4n) is 2.12. The minimum atomic E-state index is -0.923. The number of rotatable bonds is 8. The second-order valence-electron chi connectivity index (χ2n) is 4.97. The van der Waals surface area contributed by atoms with Gasteiger partial charge in [0.15, 0.2) is 11.5 Å². The number of halogens is 2. The summed E-state index contributed by atoms with van der Waals surface area (Å²) in [5, 5.41) is 12.6. The van der Waals surface area contributed by atoms with Crippen LogP contribution >= 0.6 is 23.2 Å². The average Bonchev–Trinajstić information content (AvgIpc) is 2.54. The molecular weight excluding hydrogens is 353 g/mol. The lowest BCUT2D eigenvalue weighted by Gasteiger charge is -2.16. The molecule has 2 N–H and O–H groups in total. The van der Waals surface area contributed by atoms with Gasteiger partial charge >= 0.3 is 5.97 Å². The van der Waals surface area contributed by atoms with Crippen LogP contribution in [0.25, 0.3) is 0 Å². The van der Waals surface area contributed by atoms with Crippen LogP contribution in [0.2, 0.25) is 10.0 Å². The summed E-state index contributed by atoms with van der Waals surface area (Å²) >= 11 is 12.0. The van der Waals surface area contributed by atoms with E-state index in [9.17, 15) is 4.79 Å². The van der Waals surface area contributed by atoms with Crippen LogP contribution in [0.4, 0.5) is 0 Å². The van der Waals surface area contributed by atoms with Gasteiger partial charge in [0.05, 0.1) is 13.7 Å². The van der Waals surface area contributed by atoms with Gasteiger partial charge in [-0.2, -0.15) is 0 Å². The number of aliphatic carboxylic acids is 1. The Kier molecular flexibility index (Phi) is 6.73. The molecule has 0 unspecified atom stereocenters. The summed E-state index contributed by atoms with van der Waals surface area (Å²) in [6.07, 6.45) is 0. The fourth-order valence-corrected chi connectivity index (χ4v) is 2.58. The van der Waals surface area contributed by atoms with E-state index in [4.69, 9.17) is 37.8 Å². The maximum atomic E-state index is 10.6. The lowest BCUT2D eigenvalue weighted by atomic mass is 10.1. The first-order valence-electron chi connectivity index (χ1n) is 7.16. The summed E-state index contributed by atoms with van der Waals surface area (Å²) in [7, 11) is 1.55. The number of carbonyl (C=O) groups is 1. The van der Waals surface area contributed by atoms with Gasteiger partial charge in [0.2, 0.25) is 0 Å². The molecule has 0 spiro atoms. The van der Waals surface area contributed by atoms with Gasteiger partial charge in [-0.3, -0.25) is 4.79 Å². The molecule has 0 bridgehead atoms. The molecule has 7 heteroatoms. The predicted octanol–water partition coefficient (Wildman–Crippen LogP) is 3.76. The Bertz CT molecular complexity index is 722. The van der Waals surface area contributed by atoms with Crippen LogP contribution in [-0.2, 0) is 17.9 Å². The molecule has 0 radical (unpaired) electrons. The molecule has 0 heterocycles. The van der Waals surface area contributed by atoms with Gasteiger partial charge in [-0.05, 0) is 18.2 Å². The predicted molar refractivity (Wildman–Crippen MR) is 93.1 cm³/mol. The molecule has 0 saturated heterocycles. The number of nitrogens with one attached hydrogen (secondary N) is 1. The van der Waals surface area contributed by atoms with Gasteiger partial charge in [0, 0.05) is 27.7 Å². The van der Waals surface area contributed by atoms with Gasteiger partial charge in [-0.25, -0.2) is 0 Å². The van der Waals surface area contributed by atoms with E-state index in [1.807, 2.05) is 12.1 Å². The smallest absolute Gasteiger partial charge is 0.317 e. The molecule has 0 saturated carbocycles. The molecule has 24 heavy (non-hydrogen) atoms. The normalized spacial score (nSPS) is 10.5. The highest BCUT2D eigenvalue weighted by molar-refractivity contribution is 6.35. The zero-order valence-corrected chi connectivity index (χ0v) is 14.5. The van der Waals surface area contributed by atoms with E-state index >= 15 is 0 Å². The quantitative estimate of drug-likeness (QED) is 0.741. The fraction of sp³-hybridized carbons (Fsp3) is 0.235.